The first-order valence-electron chi connectivity index (χ1n) is 7.48. The van der Waals surface area contributed by atoms with Gasteiger partial charge in [-0.1, -0.05) is 18.2 Å². The largest absolute Gasteiger partial charge is 0.379 e. The summed E-state index contributed by atoms with van der Waals surface area (Å²) in [5.41, 5.74) is 0.679. The Morgan fingerprint density at radius 2 is 2.12 bits per heavy atom. The Morgan fingerprint density at radius 3 is 2.83 bits per heavy atom. The fourth-order valence-electron chi connectivity index (χ4n) is 2.57. The van der Waals surface area contributed by atoms with Gasteiger partial charge in [-0.05, 0) is 24.4 Å². The molecule has 24 heavy (non-hydrogen) atoms. The molecule has 1 saturated heterocycles. The van der Waals surface area contributed by atoms with Crippen molar-refractivity contribution in [3.63, 3.8) is 0 Å². The molecular weight excluding hydrogens is 348 g/mol. The van der Waals surface area contributed by atoms with Crippen LogP contribution < -0.4 is 0 Å². The fraction of sp³-hybridized carbons (Fsp3) is 0.333. The molecule has 1 aromatic carbocycles. The molecule has 1 aliphatic rings. The van der Waals surface area contributed by atoms with Gasteiger partial charge in [-0.3, -0.25) is 9.67 Å². The minimum absolute atomic E-state index is 0.237. The molecule has 1 aliphatic heterocycles. The SMILES string of the molecule is C=CCn1c(-c2cccc(S(=O)(=O)N3CCOCC3)c2)n[nH]c1=S. The Morgan fingerprint density at radius 1 is 1.38 bits per heavy atom. The van der Waals surface area contributed by atoms with E-state index in [0.717, 1.165) is 0 Å². The number of rotatable bonds is 5. The van der Waals surface area contributed by atoms with Gasteiger partial charge in [0.05, 0.1) is 18.1 Å². The summed E-state index contributed by atoms with van der Waals surface area (Å²) in [6.45, 7) is 5.75. The number of ether oxygens (including phenoxy) is 1. The molecule has 0 spiro atoms. The van der Waals surface area contributed by atoms with Crippen LogP contribution in [0.4, 0.5) is 0 Å². The van der Waals surface area contributed by atoms with Crippen molar-refractivity contribution in [3.8, 4) is 11.4 Å². The van der Waals surface area contributed by atoms with Crippen LogP contribution in [0.2, 0.25) is 0 Å². The van der Waals surface area contributed by atoms with E-state index < -0.39 is 10.0 Å². The van der Waals surface area contributed by atoms with Crippen LogP contribution >= 0.6 is 12.2 Å². The number of hydrogen-bond acceptors (Lipinski definition) is 5. The topological polar surface area (TPSA) is 80.2 Å². The summed E-state index contributed by atoms with van der Waals surface area (Å²) in [7, 11) is -3.55. The van der Waals surface area contributed by atoms with Gasteiger partial charge in [0.2, 0.25) is 10.0 Å². The molecule has 1 aromatic heterocycles. The molecule has 1 N–H and O–H groups in total. The second kappa shape index (κ2) is 6.98. The van der Waals surface area contributed by atoms with Crippen molar-refractivity contribution >= 4 is 22.2 Å². The molecule has 0 saturated carbocycles. The summed E-state index contributed by atoms with van der Waals surface area (Å²) >= 11 is 5.20. The standard InChI is InChI=1S/C15H18N4O3S2/c1-2-6-19-14(16-17-15(19)23)12-4-3-5-13(11-12)24(20,21)18-7-9-22-10-8-18/h2-5,11H,1,6-10H2,(H,17,23). The van der Waals surface area contributed by atoms with E-state index in [9.17, 15) is 8.42 Å². The summed E-state index contributed by atoms with van der Waals surface area (Å²) in [6.07, 6.45) is 1.71. The highest BCUT2D eigenvalue weighted by Crippen LogP contribution is 2.24. The molecule has 3 rings (SSSR count). The number of H-pyrrole nitrogens is 1. The predicted octanol–water partition coefficient (Wildman–Crippen LogP) is 1.81. The first kappa shape index (κ1) is 17.0. The number of nitrogens with one attached hydrogen (secondary N) is 1. The van der Waals surface area contributed by atoms with Gasteiger partial charge < -0.3 is 4.74 Å². The Bertz CT molecular complexity index is 895. The lowest BCUT2D eigenvalue weighted by atomic mass is 10.2. The van der Waals surface area contributed by atoms with Gasteiger partial charge in [0, 0.05) is 25.2 Å². The third-order valence-corrected chi connectivity index (χ3v) is 5.98. The van der Waals surface area contributed by atoms with Crippen LogP contribution in [0, 0.1) is 4.77 Å². The molecule has 0 aliphatic carbocycles. The van der Waals surface area contributed by atoms with Crippen LogP contribution in [-0.2, 0) is 21.3 Å². The van der Waals surface area contributed by atoms with Crippen LogP contribution in [-0.4, -0.2) is 53.8 Å². The summed E-state index contributed by atoms with van der Waals surface area (Å²) in [6, 6.07) is 6.73. The lowest BCUT2D eigenvalue weighted by Crippen LogP contribution is -2.40. The maximum absolute atomic E-state index is 12.8. The van der Waals surface area contributed by atoms with E-state index in [1.807, 2.05) is 6.07 Å². The second-order valence-electron chi connectivity index (χ2n) is 5.30. The maximum Gasteiger partial charge on any atom is 0.243 e. The van der Waals surface area contributed by atoms with Crippen LogP contribution in [0.5, 0.6) is 0 Å². The summed E-state index contributed by atoms with van der Waals surface area (Å²) in [4.78, 5) is 0.237. The lowest BCUT2D eigenvalue weighted by molar-refractivity contribution is 0.0730. The number of benzene rings is 1. The third kappa shape index (κ3) is 3.20. The van der Waals surface area contributed by atoms with Gasteiger partial charge in [0.1, 0.15) is 0 Å². The molecule has 0 amide bonds. The number of nitrogens with zero attached hydrogens (tertiary/aromatic N) is 3. The quantitative estimate of drug-likeness (QED) is 0.645. The van der Waals surface area contributed by atoms with Gasteiger partial charge in [-0.2, -0.15) is 9.40 Å². The molecular formula is C15H18N4O3S2. The molecule has 9 heteroatoms. The number of morpholine rings is 1. The van der Waals surface area contributed by atoms with E-state index in [1.54, 1.807) is 28.8 Å². The Hall–Kier alpha value is -1.81. The van der Waals surface area contributed by atoms with Crippen molar-refractivity contribution in [2.75, 3.05) is 26.3 Å². The monoisotopic (exact) mass is 366 g/mol. The van der Waals surface area contributed by atoms with E-state index in [-0.39, 0.29) is 4.90 Å². The van der Waals surface area contributed by atoms with Gasteiger partial charge in [-0.15, -0.1) is 6.58 Å². The molecule has 0 unspecified atom stereocenters. The number of hydrogen-bond donors (Lipinski definition) is 1. The minimum Gasteiger partial charge on any atom is -0.379 e. The Labute approximate surface area is 145 Å². The van der Waals surface area contributed by atoms with Crippen LogP contribution in [0.15, 0.2) is 41.8 Å². The zero-order valence-electron chi connectivity index (χ0n) is 13.0. The average Bonchev–Trinajstić information content (AvgIpc) is 2.97. The number of aromatic nitrogens is 3. The van der Waals surface area contributed by atoms with Crippen molar-refractivity contribution in [2.45, 2.75) is 11.4 Å². The number of allylic oxidation sites excluding steroid dienone is 1. The van der Waals surface area contributed by atoms with Gasteiger partial charge >= 0.3 is 0 Å². The van der Waals surface area contributed by atoms with E-state index in [1.165, 1.54) is 4.31 Å². The molecule has 0 radical (unpaired) electrons. The van der Waals surface area contributed by atoms with Crippen molar-refractivity contribution in [2.24, 2.45) is 0 Å². The molecule has 128 valence electrons. The summed E-state index contributed by atoms with van der Waals surface area (Å²) in [5, 5.41) is 6.94. The highest BCUT2D eigenvalue weighted by Gasteiger charge is 2.26. The average molecular weight is 366 g/mol. The van der Waals surface area contributed by atoms with Gasteiger partial charge in [-0.25, -0.2) is 8.42 Å². The summed E-state index contributed by atoms with van der Waals surface area (Å²) < 4.78 is 34.5. The lowest BCUT2D eigenvalue weighted by Gasteiger charge is -2.26. The Kier molecular flexibility index (Phi) is 4.95. The smallest absolute Gasteiger partial charge is 0.243 e. The summed E-state index contributed by atoms with van der Waals surface area (Å²) in [5.74, 6) is 0.582. The third-order valence-electron chi connectivity index (χ3n) is 3.77. The molecule has 7 nitrogen and oxygen atoms in total. The zero-order chi connectivity index (χ0) is 17.2. The zero-order valence-corrected chi connectivity index (χ0v) is 14.6. The minimum atomic E-state index is -3.55. The Balaban J connectivity index is 2.01. The maximum atomic E-state index is 12.8. The van der Waals surface area contributed by atoms with Crippen molar-refractivity contribution in [1.82, 2.24) is 19.1 Å². The van der Waals surface area contributed by atoms with E-state index in [0.29, 0.717) is 49.0 Å². The van der Waals surface area contributed by atoms with Crippen molar-refractivity contribution in [3.05, 3.63) is 41.7 Å². The van der Waals surface area contributed by atoms with Crippen LogP contribution in [0.1, 0.15) is 0 Å². The van der Waals surface area contributed by atoms with Crippen LogP contribution in [0.3, 0.4) is 0 Å². The second-order valence-corrected chi connectivity index (χ2v) is 7.62. The first-order valence-corrected chi connectivity index (χ1v) is 9.33. The highest BCUT2D eigenvalue weighted by molar-refractivity contribution is 7.89. The van der Waals surface area contributed by atoms with E-state index in [4.69, 9.17) is 17.0 Å². The van der Waals surface area contributed by atoms with E-state index >= 15 is 0 Å². The number of aromatic amines is 1. The van der Waals surface area contributed by atoms with Gasteiger partial charge in [0.25, 0.3) is 0 Å². The first-order chi connectivity index (χ1) is 11.5. The molecule has 0 atom stereocenters. The predicted molar refractivity (Wildman–Crippen MR) is 92.6 cm³/mol. The molecule has 1 fully saturated rings. The molecule has 2 aromatic rings. The fourth-order valence-corrected chi connectivity index (χ4v) is 4.23. The normalized spacial score (nSPS) is 16.2. The molecule has 2 heterocycles. The van der Waals surface area contributed by atoms with Gasteiger partial charge in [0.15, 0.2) is 10.6 Å². The van der Waals surface area contributed by atoms with Crippen molar-refractivity contribution < 1.29 is 13.2 Å². The van der Waals surface area contributed by atoms with Crippen LogP contribution in [0.25, 0.3) is 11.4 Å². The van der Waals surface area contributed by atoms with Crippen molar-refractivity contribution in [1.29, 1.82) is 0 Å². The van der Waals surface area contributed by atoms with E-state index in [2.05, 4.69) is 16.8 Å². The molecule has 0 bridgehead atoms. The highest BCUT2D eigenvalue weighted by atomic mass is 32.2. The number of sulfonamides is 1.